The van der Waals surface area contributed by atoms with Gasteiger partial charge >= 0.3 is 12.1 Å². The van der Waals surface area contributed by atoms with Gasteiger partial charge < -0.3 is 10.2 Å². The van der Waals surface area contributed by atoms with Crippen LogP contribution in [0, 0.1) is 3.57 Å². The fraction of sp³-hybridized carbons (Fsp3) is 0.250. The summed E-state index contributed by atoms with van der Waals surface area (Å²) in [6, 6.07) is 0.722. The number of aromatic nitrogens is 1. The van der Waals surface area contributed by atoms with E-state index in [9.17, 15) is 18.0 Å². The molecule has 4 nitrogen and oxygen atoms in total. The summed E-state index contributed by atoms with van der Waals surface area (Å²) >= 11 is 1.31. The van der Waals surface area contributed by atoms with Crippen LogP contribution in [0.25, 0.3) is 0 Å². The standard InChI is InChI=1S/C8H5F3INO3/c9-8(10,11)3-1-2-13-5(4(3)12)6(14)7(15)16/h1-2,6,14H,(H,15,16). The number of hydrogen-bond donors (Lipinski definition) is 2. The molecule has 0 aliphatic carbocycles. The van der Waals surface area contributed by atoms with Crippen LogP contribution in [0.2, 0.25) is 0 Å². The fourth-order valence-electron chi connectivity index (χ4n) is 0.986. The van der Waals surface area contributed by atoms with E-state index in [1.165, 1.54) is 22.6 Å². The van der Waals surface area contributed by atoms with Crippen LogP contribution in [0.5, 0.6) is 0 Å². The molecule has 0 saturated carbocycles. The molecule has 1 aromatic heterocycles. The SMILES string of the molecule is O=C(O)C(O)c1nccc(C(F)(F)F)c1I. The molecule has 1 atom stereocenters. The van der Waals surface area contributed by atoms with E-state index in [1.807, 2.05) is 0 Å². The van der Waals surface area contributed by atoms with Crippen LogP contribution in [0.1, 0.15) is 17.4 Å². The van der Waals surface area contributed by atoms with Crippen molar-refractivity contribution in [1.82, 2.24) is 4.98 Å². The second-order valence-corrected chi connectivity index (χ2v) is 3.88. The number of pyridine rings is 1. The van der Waals surface area contributed by atoms with Crippen molar-refractivity contribution in [2.24, 2.45) is 0 Å². The lowest BCUT2D eigenvalue weighted by Crippen LogP contribution is -2.17. The minimum absolute atomic E-state index is 0.414. The van der Waals surface area contributed by atoms with E-state index >= 15 is 0 Å². The number of carboxylic acid groups (broad SMARTS) is 1. The molecule has 0 radical (unpaired) electrons. The average Bonchev–Trinajstić information content (AvgIpc) is 2.15. The van der Waals surface area contributed by atoms with Crippen molar-refractivity contribution in [1.29, 1.82) is 0 Å². The topological polar surface area (TPSA) is 70.4 Å². The van der Waals surface area contributed by atoms with Crippen LogP contribution in [-0.2, 0) is 11.0 Å². The average molecular weight is 347 g/mol. The van der Waals surface area contributed by atoms with Crippen LogP contribution in [-0.4, -0.2) is 21.2 Å². The monoisotopic (exact) mass is 347 g/mol. The van der Waals surface area contributed by atoms with Crippen molar-refractivity contribution in [3.05, 3.63) is 27.1 Å². The van der Waals surface area contributed by atoms with Gasteiger partial charge in [0.05, 0.1) is 14.8 Å². The predicted octanol–water partition coefficient (Wildman–Crippen LogP) is 1.82. The Morgan fingerprint density at radius 3 is 2.50 bits per heavy atom. The Balaban J connectivity index is 3.30. The molecule has 1 unspecified atom stereocenters. The summed E-state index contributed by atoms with van der Waals surface area (Å²) in [7, 11) is 0. The summed E-state index contributed by atoms with van der Waals surface area (Å²) in [6.45, 7) is 0. The van der Waals surface area contributed by atoms with Crippen molar-refractivity contribution in [3.63, 3.8) is 0 Å². The Labute approximate surface area is 101 Å². The smallest absolute Gasteiger partial charge is 0.417 e. The molecule has 0 spiro atoms. The van der Waals surface area contributed by atoms with Gasteiger partial charge in [-0.05, 0) is 28.7 Å². The quantitative estimate of drug-likeness (QED) is 0.801. The molecule has 1 rings (SSSR count). The lowest BCUT2D eigenvalue weighted by atomic mass is 10.1. The highest BCUT2D eigenvalue weighted by molar-refractivity contribution is 14.1. The van der Waals surface area contributed by atoms with E-state index in [-0.39, 0.29) is 0 Å². The Bertz CT molecular complexity index is 421. The molecule has 0 saturated heterocycles. The zero-order valence-electron chi connectivity index (χ0n) is 7.49. The van der Waals surface area contributed by atoms with Gasteiger partial charge in [-0.2, -0.15) is 13.2 Å². The molecule has 0 aliphatic heterocycles. The van der Waals surface area contributed by atoms with Crippen molar-refractivity contribution < 1.29 is 28.2 Å². The third kappa shape index (κ3) is 2.61. The molecule has 1 heterocycles. The maximum Gasteiger partial charge on any atom is 0.417 e. The molecule has 1 aromatic rings. The first-order chi connectivity index (χ1) is 7.25. The second kappa shape index (κ2) is 4.53. The van der Waals surface area contributed by atoms with Gasteiger partial charge in [0.15, 0.2) is 6.10 Å². The summed E-state index contributed by atoms with van der Waals surface area (Å²) in [4.78, 5) is 13.9. The predicted molar refractivity (Wildman–Crippen MR) is 54.6 cm³/mol. The number of alkyl halides is 3. The van der Waals surface area contributed by atoms with Gasteiger partial charge in [-0.3, -0.25) is 4.98 Å². The summed E-state index contributed by atoms with van der Waals surface area (Å²) in [5, 5.41) is 17.6. The molecule has 0 bridgehead atoms. The third-order valence-electron chi connectivity index (χ3n) is 1.71. The minimum atomic E-state index is -4.60. The van der Waals surface area contributed by atoms with Crippen molar-refractivity contribution >= 4 is 28.6 Å². The third-order valence-corrected chi connectivity index (χ3v) is 2.85. The zero-order chi connectivity index (χ0) is 12.5. The molecule has 0 fully saturated rings. The first kappa shape index (κ1) is 13.2. The van der Waals surface area contributed by atoms with Crippen LogP contribution >= 0.6 is 22.6 Å². The Kier molecular flexibility index (Phi) is 3.73. The Hall–Kier alpha value is -0.900. The highest BCUT2D eigenvalue weighted by Crippen LogP contribution is 2.34. The molecular weight excluding hydrogens is 342 g/mol. The van der Waals surface area contributed by atoms with Gasteiger partial charge in [0.1, 0.15) is 0 Å². The van der Waals surface area contributed by atoms with E-state index in [1.54, 1.807) is 0 Å². The maximum absolute atomic E-state index is 12.4. The number of hydrogen-bond acceptors (Lipinski definition) is 3. The van der Waals surface area contributed by atoms with Gasteiger partial charge in [-0.15, -0.1) is 0 Å². The fourth-order valence-corrected chi connectivity index (χ4v) is 1.91. The minimum Gasteiger partial charge on any atom is -0.479 e. The van der Waals surface area contributed by atoms with Crippen molar-refractivity contribution in [3.8, 4) is 0 Å². The summed E-state index contributed by atoms with van der Waals surface area (Å²) < 4.78 is 36.9. The Morgan fingerprint density at radius 1 is 1.50 bits per heavy atom. The van der Waals surface area contributed by atoms with Gasteiger partial charge in [0.2, 0.25) is 0 Å². The highest BCUT2D eigenvalue weighted by Gasteiger charge is 2.35. The lowest BCUT2D eigenvalue weighted by molar-refractivity contribution is -0.147. The molecule has 8 heteroatoms. The zero-order valence-corrected chi connectivity index (χ0v) is 9.65. The molecule has 0 aromatic carbocycles. The van der Waals surface area contributed by atoms with Gasteiger partial charge in [0, 0.05) is 6.20 Å². The van der Waals surface area contributed by atoms with E-state index in [0.717, 1.165) is 12.3 Å². The molecule has 88 valence electrons. The number of nitrogens with zero attached hydrogens (tertiary/aromatic N) is 1. The molecule has 0 aliphatic rings. The summed E-state index contributed by atoms with van der Waals surface area (Å²) in [5.74, 6) is -1.65. The van der Waals surface area contributed by atoms with Crippen LogP contribution in [0.3, 0.4) is 0 Å². The summed E-state index contributed by atoms with van der Waals surface area (Å²) in [6.07, 6.45) is -5.85. The lowest BCUT2D eigenvalue weighted by Gasteiger charge is -2.13. The first-order valence-corrected chi connectivity index (χ1v) is 4.95. The van der Waals surface area contributed by atoms with E-state index in [0.29, 0.717) is 0 Å². The number of aliphatic hydroxyl groups is 1. The summed E-state index contributed by atoms with van der Waals surface area (Å²) in [5.41, 5.74) is -1.53. The highest BCUT2D eigenvalue weighted by atomic mass is 127. The largest absolute Gasteiger partial charge is 0.479 e. The van der Waals surface area contributed by atoms with Crippen LogP contribution in [0.4, 0.5) is 13.2 Å². The normalized spacial score (nSPS) is 13.6. The molecular formula is C8H5F3INO3. The number of halogens is 4. The maximum atomic E-state index is 12.4. The van der Waals surface area contributed by atoms with Crippen molar-refractivity contribution in [2.75, 3.05) is 0 Å². The van der Waals surface area contributed by atoms with E-state index in [2.05, 4.69) is 4.98 Å². The second-order valence-electron chi connectivity index (χ2n) is 2.80. The first-order valence-electron chi connectivity index (χ1n) is 3.87. The Morgan fingerprint density at radius 2 is 2.06 bits per heavy atom. The van der Waals surface area contributed by atoms with Gasteiger partial charge in [-0.25, -0.2) is 4.79 Å². The van der Waals surface area contributed by atoms with E-state index < -0.39 is 33.1 Å². The van der Waals surface area contributed by atoms with Crippen LogP contribution < -0.4 is 0 Å². The molecule has 2 N–H and O–H groups in total. The van der Waals surface area contributed by atoms with Crippen LogP contribution in [0.15, 0.2) is 12.3 Å². The number of carbonyl (C=O) groups is 1. The number of aliphatic carboxylic acids is 1. The van der Waals surface area contributed by atoms with E-state index in [4.69, 9.17) is 10.2 Å². The number of aliphatic hydroxyl groups excluding tert-OH is 1. The number of rotatable bonds is 2. The van der Waals surface area contributed by atoms with Crippen molar-refractivity contribution in [2.45, 2.75) is 12.3 Å². The van der Waals surface area contributed by atoms with Gasteiger partial charge in [0.25, 0.3) is 0 Å². The number of carboxylic acids is 1. The molecule has 16 heavy (non-hydrogen) atoms. The van der Waals surface area contributed by atoms with Gasteiger partial charge in [-0.1, -0.05) is 0 Å². The molecule has 0 amide bonds.